The molecule has 0 saturated heterocycles. The van der Waals surface area contributed by atoms with Crippen LogP contribution in [-0.2, 0) is 0 Å². The monoisotopic (exact) mass is 210 g/mol. The van der Waals surface area contributed by atoms with Crippen LogP contribution in [0.1, 0.15) is 18.1 Å². The number of allylic oxidation sites excluding steroid dienone is 1. The standard InChI is InChI=1S/C10H11Br/c1-7(2)10-8(3)5-4-6-9(10)11/h4-6H,1H2,2-3H3. The summed E-state index contributed by atoms with van der Waals surface area (Å²) in [6.45, 7) is 8.03. The van der Waals surface area contributed by atoms with Gasteiger partial charge in [-0.3, -0.25) is 0 Å². The van der Waals surface area contributed by atoms with E-state index in [1.54, 1.807) is 0 Å². The molecule has 1 aromatic carbocycles. The van der Waals surface area contributed by atoms with E-state index in [-0.39, 0.29) is 0 Å². The van der Waals surface area contributed by atoms with Gasteiger partial charge in [-0.05, 0) is 36.6 Å². The minimum Gasteiger partial charge on any atom is -0.0955 e. The van der Waals surface area contributed by atoms with Gasteiger partial charge < -0.3 is 0 Å². The Morgan fingerprint density at radius 1 is 1.45 bits per heavy atom. The van der Waals surface area contributed by atoms with Gasteiger partial charge in [-0.1, -0.05) is 34.6 Å². The zero-order valence-electron chi connectivity index (χ0n) is 6.82. The lowest BCUT2D eigenvalue weighted by molar-refractivity contribution is 1.39. The van der Waals surface area contributed by atoms with E-state index in [9.17, 15) is 0 Å². The molecule has 0 nitrogen and oxygen atoms in total. The first kappa shape index (κ1) is 8.54. The first-order valence-electron chi connectivity index (χ1n) is 3.54. The summed E-state index contributed by atoms with van der Waals surface area (Å²) in [6, 6.07) is 6.16. The number of hydrogen-bond acceptors (Lipinski definition) is 0. The molecule has 1 rings (SSSR count). The van der Waals surface area contributed by atoms with Gasteiger partial charge in [0.2, 0.25) is 0 Å². The van der Waals surface area contributed by atoms with Crippen LogP contribution in [0.2, 0.25) is 0 Å². The third-order valence-electron chi connectivity index (χ3n) is 1.65. The average Bonchev–Trinajstić information content (AvgIpc) is 1.85. The lowest BCUT2D eigenvalue weighted by Crippen LogP contribution is -1.85. The molecule has 0 heterocycles. The Balaban J connectivity index is 3.32. The van der Waals surface area contributed by atoms with Crippen LogP contribution < -0.4 is 0 Å². The summed E-state index contributed by atoms with van der Waals surface area (Å²) in [7, 11) is 0. The SMILES string of the molecule is C=C(C)c1c(C)cccc1Br. The van der Waals surface area contributed by atoms with E-state index in [1.807, 2.05) is 19.1 Å². The Labute approximate surface area is 76.1 Å². The number of halogens is 1. The van der Waals surface area contributed by atoms with E-state index < -0.39 is 0 Å². The molecule has 0 saturated carbocycles. The number of hydrogen-bond donors (Lipinski definition) is 0. The maximum absolute atomic E-state index is 3.92. The largest absolute Gasteiger partial charge is 0.0955 e. The summed E-state index contributed by atoms with van der Waals surface area (Å²) >= 11 is 3.49. The molecule has 1 heteroatoms. The first-order valence-corrected chi connectivity index (χ1v) is 4.33. The van der Waals surface area contributed by atoms with Crippen molar-refractivity contribution in [2.75, 3.05) is 0 Å². The smallest absolute Gasteiger partial charge is 0.0252 e. The summed E-state index contributed by atoms with van der Waals surface area (Å²) in [6.07, 6.45) is 0. The van der Waals surface area contributed by atoms with Crippen LogP contribution in [0.4, 0.5) is 0 Å². The lowest BCUT2D eigenvalue weighted by atomic mass is 10.0. The Morgan fingerprint density at radius 2 is 2.09 bits per heavy atom. The minimum atomic E-state index is 1.11. The predicted molar refractivity (Wildman–Crippen MR) is 53.6 cm³/mol. The Bertz CT molecular complexity index is 267. The van der Waals surface area contributed by atoms with Crippen LogP contribution in [-0.4, -0.2) is 0 Å². The second kappa shape index (κ2) is 3.22. The predicted octanol–water partition coefficient (Wildman–Crippen LogP) is 3.79. The molecule has 0 N–H and O–H groups in total. The van der Waals surface area contributed by atoms with Gasteiger partial charge in [0.05, 0.1) is 0 Å². The van der Waals surface area contributed by atoms with Crippen LogP contribution in [0.15, 0.2) is 29.3 Å². The van der Waals surface area contributed by atoms with Crippen molar-refractivity contribution in [2.45, 2.75) is 13.8 Å². The second-order valence-electron chi connectivity index (χ2n) is 2.71. The Morgan fingerprint density at radius 3 is 2.45 bits per heavy atom. The molecule has 0 atom stereocenters. The fourth-order valence-electron chi connectivity index (χ4n) is 1.17. The highest BCUT2D eigenvalue weighted by Gasteiger charge is 2.01. The second-order valence-corrected chi connectivity index (χ2v) is 3.57. The first-order chi connectivity index (χ1) is 5.13. The number of aryl methyl sites for hydroxylation is 1. The van der Waals surface area contributed by atoms with Gasteiger partial charge in [-0.2, -0.15) is 0 Å². The van der Waals surface area contributed by atoms with Crippen molar-refractivity contribution in [3.8, 4) is 0 Å². The minimum absolute atomic E-state index is 1.11. The fraction of sp³-hybridized carbons (Fsp3) is 0.200. The molecule has 0 radical (unpaired) electrons. The molecular formula is C10H11Br. The van der Waals surface area contributed by atoms with E-state index in [2.05, 4.69) is 35.5 Å². The summed E-state index contributed by atoms with van der Waals surface area (Å²) in [4.78, 5) is 0. The average molecular weight is 211 g/mol. The summed E-state index contributed by atoms with van der Waals surface area (Å²) in [5, 5.41) is 0. The van der Waals surface area contributed by atoms with Crippen molar-refractivity contribution in [3.63, 3.8) is 0 Å². The summed E-state index contributed by atoms with van der Waals surface area (Å²) < 4.78 is 1.13. The molecule has 0 aliphatic carbocycles. The zero-order chi connectivity index (χ0) is 8.43. The van der Waals surface area contributed by atoms with Crippen LogP contribution in [0, 0.1) is 6.92 Å². The van der Waals surface area contributed by atoms with Gasteiger partial charge in [0, 0.05) is 4.47 Å². The molecule has 11 heavy (non-hydrogen) atoms. The van der Waals surface area contributed by atoms with Crippen molar-refractivity contribution in [1.82, 2.24) is 0 Å². The third kappa shape index (κ3) is 1.72. The molecule has 58 valence electrons. The quantitative estimate of drug-likeness (QED) is 0.662. The van der Waals surface area contributed by atoms with Gasteiger partial charge in [-0.15, -0.1) is 0 Å². The molecule has 0 unspecified atom stereocenters. The topological polar surface area (TPSA) is 0 Å². The molecular weight excluding hydrogens is 200 g/mol. The number of rotatable bonds is 1. The van der Waals surface area contributed by atoms with Gasteiger partial charge in [0.15, 0.2) is 0 Å². The van der Waals surface area contributed by atoms with Gasteiger partial charge in [0.1, 0.15) is 0 Å². The van der Waals surface area contributed by atoms with Gasteiger partial charge in [-0.25, -0.2) is 0 Å². The zero-order valence-corrected chi connectivity index (χ0v) is 8.40. The normalized spacial score (nSPS) is 9.73. The van der Waals surface area contributed by atoms with E-state index in [4.69, 9.17) is 0 Å². The van der Waals surface area contributed by atoms with E-state index in [1.165, 1.54) is 11.1 Å². The molecule has 0 spiro atoms. The van der Waals surface area contributed by atoms with E-state index >= 15 is 0 Å². The molecule has 0 bridgehead atoms. The van der Waals surface area contributed by atoms with Crippen molar-refractivity contribution in [1.29, 1.82) is 0 Å². The van der Waals surface area contributed by atoms with Crippen LogP contribution in [0.3, 0.4) is 0 Å². The lowest BCUT2D eigenvalue weighted by Gasteiger charge is -2.06. The van der Waals surface area contributed by atoms with Crippen molar-refractivity contribution in [3.05, 3.63) is 40.4 Å². The van der Waals surface area contributed by atoms with Gasteiger partial charge >= 0.3 is 0 Å². The van der Waals surface area contributed by atoms with Crippen LogP contribution in [0.25, 0.3) is 5.57 Å². The molecule has 0 aromatic heterocycles. The van der Waals surface area contributed by atoms with Crippen LogP contribution in [0.5, 0.6) is 0 Å². The maximum atomic E-state index is 3.92. The van der Waals surface area contributed by atoms with Crippen molar-refractivity contribution >= 4 is 21.5 Å². The third-order valence-corrected chi connectivity index (χ3v) is 2.31. The van der Waals surface area contributed by atoms with Crippen molar-refractivity contribution < 1.29 is 0 Å². The maximum Gasteiger partial charge on any atom is 0.0252 e. The molecule has 0 aliphatic rings. The summed E-state index contributed by atoms with van der Waals surface area (Å²) in [5.41, 5.74) is 3.61. The highest BCUT2D eigenvalue weighted by Crippen LogP contribution is 2.25. The van der Waals surface area contributed by atoms with E-state index in [0.717, 1.165) is 10.0 Å². The molecule has 0 fully saturated rings. The fourth-order valence-corrected chi connectivity index (χ4v) is 1.98. The molecule has 1 aromatic rings. The molecule has 0 aliphatic heterocycles. The van der Waals surface area contributed by atoms with Crippen molar-refractivity contribution in [2.24, 2.45) is 0 Å². The number of benzene rings is 1. The summed E-state index contributed by atoms with van der Waals surface area (Å²) in [5.74, 6) is 0. The molecule has 0 amide bonds. The van der Waals surface area contributed by atoms with Crippen LogP contribution >= 0.6 is 15.9 Å². The highest BCUT2D eigenvalue weighted by atomic mass is 79.9. The Kier molecular flexibility index (Phi) is 2.50. The Hall–Kier alpha value is -0.560. The van der Waals surface area contributed by atoms with Gasteiger partial charge in [0.25, 0.3) is 0 Å². The highest BCUT2D eigenvalue weighted by molar-refractivity contribution is 9.10. The van der Waals surface area contributed by atoms with E-state index in [0.29, 0.717) is 0 Å².